The summed E-state index contributed by atoms with van der Waals surface area (Å²) in [6.45, 7) is 6.67. The molecule has 0 aliphatic heterocycles. The Labute approximate surface area is 87.7 Å². The standard InChI is InChI=1S/C10H10ClNO2/c1-12-6-9(13)8-5-7(11)3-4-10(8)14-2/h3-5,9,13H,6H2,2H3. The Hall–Kier alpha value is -1.24. The maximum absolute atomic E-state index is 9.60. The minimum atomic E-state index is -0.846. The van der Waals surface area contributed by atoms with E-state index in [-0.39, 0.29) is 6.54 Å². The average molecular weight is 212 g/mol. The van der Waals surface area contributed by atoms with Gasteiger partial charge in [-0.15, -0.1) is 0 Å². The quantitative estimate of drug-likeness (QED) is 0.779. The third kappa shape index (κ3) is 2.38. The molecule has 74 valence electrons. The van der Waals surface area contributed by atoms with E-state index in [0.29, 0.717) is 16.3 Å². The van der Waals surface area contributed by atoms with Gasteiger partial charge in [-0.25, -0.2) is 6.57 Å². The molecule has 0 bridgehead atoms. The number of hydrogen-bond acceptors (Lipinski definition) is 2. The minimum Gasteiger partial charge on any atom is -0.496 e. The summed E-state index contributed by atoms with van der Waals surface area (Å²) in [6.07, 6.45) is -0.846. The molecule has 0 aromatic heterocycles. The van der Waals surface area contributed by atoms with Gasteiger partial charge in [0.15, 0.2) is 6.10 Å². The summed E-state index contributed by atoms with van der Waals surface area (Å²) in [5, 5.41) is 10.1. The van der Waals surface area contributed by atoms with Gasteiger partial charge in [0.1, 0.15) is 5.75 Å². The van der Waals surface area contributed by atoms with Crippen molar-refractivity contribution in [3.05, 3.63) is 40.2 Å². The van der Waals surface area contributed by atoms with Crippen LogP contribution in [0.3, 0.4) is 0 Å². The molecule has 0 spiro atoms. The summed E-state index contributed by atoms with van der Waals surface area (Å²) < 4.78 is 5.05. The zero-order valence-corrected chi connectivity index (χ0v) is 8.45. The van der Waals surface area contributed by atoms with Crippen LogP contribution in [0, 0.1) is 6.57 Å². The maximum atomic E-state index is 9.60. The van der Waals surface area contributed by atoms with E-state index in [2.05, 4.69) is 4.85 Å². The Bertz CT molecular complexity index is 360. The van der Waals surface area contributed by atoms with Crippen molar-refractivity contribution in [2.24, 2.45) is 0 Å². The van der Waals surface area contributed by atoms with Gasteiger partial charge in [0.05, 0.1) is 7.11 Å². The molecule has 1 unspecified atom stereocenters. The molecule has 1 aromatic rings. The van der Waals surface area contributed by atoms with E-state index in [1.54, 1.807) is 18.2 Å². The van der Waals surface area contributed by atoms with Crippen LogP contribution in [0.4, 0.5) is 0 Å². The molecule has 0 amide bonds. The number of ether oxygens (including phenoxy) is 1. The Morgan fingerprint density at radius 3 is 2.93 bits per heavy atom. The van der Waals surface area contributed by atoms with Crippen molar-refractivity contribution >= 4 is 11.6 Å². The Morgan fingerprint density at radius 1 is 1.64 bits per heavy atom. The van der Waals surface area contributed by atoms with Gasteiger partial charge in [0, 0.05) is 10.6 Å². The molecule has 0 saturated carbocycles. The van der Waals surface area contributed by atoms with Crippen LogP contribution in [0.2, 0.25) is 5.02 Å². The van der Waals surface area contributed by atoms with Crippen molar-refractivity contribution in [1.82, 2.24) is 0 Å². The van der Waals surface area contributed by atoms with Crippen LogP contribution in [0.1, 0.15) is 11.7 Å². The van der Waals surface area contributed by atoms with Crippen LogP contribution >= 0.6 is 11.6 Å². The first kappa shape index (κ1) is 10.8. The normalized spacial score (nSPS) is 11.9. The molecular formula is C10H10ClNO2. The molecule has 1 N–H and O–H groups in total. The highest BCUT2D eigenvalue weighted by Crippen LogP contribution is 2.28. The van der Waals surface area contributed by atoms with Crippen LogP contribution in [0.15, 0.2) is 18.2 Å². The molecule has 4 heteroatoms. The molecule has 1 atom stereocenters. The second-order valence-electron chi connectivity index (χ2n) is 2.74. The highest BCUT2D eigenvalue weighted by molar-refractivity contribution is 6.30. The second kappa shape index (κ2) is 4.85. The van der Waals surface area contributed by atoms with E-state index >= 15 is 0 Å². The van der Waals surface area contributed by atoms with E-state index in [1.165, 1.54) is 7.11 Å². The van der Waals surface area contributed by atoms with E-state index in [0.717, 1.165) is 0 Å². The second-order valence-corrected chi connectivity index (χ2v) is 3.18. The molecule has 0 radical (unpaired) electrons. The smallest absolute Gasteiger partial charge is 0.244 e. The minimum absolute atomic E-state index is 0.0106. The average Bonchev–Trinajstić information content (AvgIpc) is 2.18. The first-order valence-corrected chi connectivity index (χ1v) is 4.41. The number of aliphatic hydroxyl groups excluding tert-OH is 1. The number of rotatable bonds is 3. The third-order valence-electron chi connectivity index (χ3n) is 1.81. The van der Waals surface area contributed by atoms with Crippen LogP contribution in [-0.2, 0) is 0 Å². The van der Waals surface area contributed by atoms with Crippen molar-refractivity contribution in [2.45, 2.75) is 6.10 Å². The lowest BCUT2D eigenvalue weighted by atomic mass is 10.1. The van der Waals surface area contributed by atoms with Crippen molar-refractivity contribution in [1.29, 1.82) is 0 Å². The number of hydrogen-bond donors (Lipinski definition) is 1. The highest BCUT2D eigenvalue weighted by Gasteiger charge is 2.15. The van der Waals surface area contributed by atoms with Gasteiger partial charge < -0.3 is 14.7 Å². The number of halogens is 1. The molecule has 0 aliphatic rings. The summed E-state index contributed by atoms with van der Waals surface area (Å²) in [6, 6.07) is 4.95. The Kier molecular flexibility index (Phi) is 3.75. The molecule has 0 heterocycles. The first-order chi connectivity index (χ1) is 6.69. The van der Waals surface area contributed by atoms with Gasteiger partial charge in [-0.05, 0) is 18.2 Å². The fraction of sp³-hybridized carbons (Fsp3) is 0.300. The predicted molar refractivity (Wildman–Crippen MR) is 54.4 cm³/mol. The number of methoxy groups -OCH3 is 1. The lowest BCUT2D eigenvalue weighted by Crippen LogP contribution is -2.02. The largest absolute Gasteiger partial charge is 0.496 e. The Morgan fingerprint density at radius 2 is 2.36 bits per heavy atom. The number of benzene rings is 1. The van der Waals surface area contributed by atoms with Gasteiger partial charge in [0.25, 0.3) is 0 Å². The molecule has 0 saturated heterocycles. The zero-order valence-electron chi connectivity index (χ0n) is 7.70. The van der Waals surface area contributed by atoms with Crippen LogP contribution in [0.5, 0.6) is 5.75 Å². The van der Waals surface area contributed by atoms with Crippen LogP contribution < -0.4 is 4.74 Å². The van der Waals surface area contributed by atoms with Gasteiger partial charge in [-0.3, -0.25) is 0 Å². The van der Waals surface area contributed by atoms with Gasteiger partial charge in [-0.2, -0.15) is 0 Å². The summed E-state index contributed by atoms with van der Waals surface area (Å²) >= 11 is 5.77. The Balaban J connectivity index is 3.04. The van der Waals surface area contributed by atoms with Crippen LogP contribution in [-0.4, -0.2) is 18.8 Å². The SMILES string of the molecule is [C-]#[N+]CC(O)c1cc(Cl)ccc1OC. The molecular weight excluding hydrogens is 202 g/mol. The maximum Gasteiger partial charge on any atom is 0.244 e. The van der Waals surface area contributed by atoms with E-state index < -0.39 is 6.10 Å². The molecule has 3 nitrogen and oxygen atoms in total. The monoisotopic (exact) mass is 211 g/mol. The highest BCUT2D eigenvalue weighted by atomic mass is 35.5. The van der Waals surface area contributed by atoms with Gasteiger partial charge >= 0.3 is 0 Å². The summed E-state index contributed by atoms with van der Waals surface area (Å²) in [5.74, 6) is 0.547. The van der Waals surface area contributed by atoms with Crippen molar-refractivity contribution in [2.75, 3.05) is 13.7 Å². The molecule has 1 rings (SSSR count). The topological polar surface area (TPSA) is 33.8 Å². The summed E-state index contributed by atoms with van der Waals surface area (Å²) in [4.78, 5) is 3.12. The van der Waals surface area contributed by atoms with E-state index in [1.807, 2.05) is 0 Å². The van der Waals surface area contributed by atoms with E-state index in [9.17, 15) is 5.11 Å². The van der Waals surface area contributed by atoms with Gasteiger partial charge in [0.2, 0.25) is 6.54 Å². The fourth-order valence-electron chi connectivity index (χ4n) is 1.15. The molecule has 0 aliphatic carbocycles. The summed E-state index contributed by atoms with van der Waals surface area (Å²) in [7, 11) is 1.51. The lowest BCUT2D eigenvalue weighted by molar-refractivity contribution is 0.190. The predicted octanol–water partition coefficient (Wildman–Crippen LogP) is 2.30. The molecule has 1 aromatic carbocycles. The summed E-state index contributed by atoms with van der Waals surface area (Å²) in [5.41, 5.74) is 0.552. The number of nitrogens with zero attached hydrogens (tertiary/aromatic N) is 1. The fourth-order valence-corrected chi connectivity index (χ4v) is 1.33. The van der Waals surface area contributed by atoms with Crippen molar-refractivity contribution < 1.29 is 9.84 Å². The van der Waals surface area contributed by atoms with Crippen LogP contribution in [0.25, 0.3) is 4.85 Å². The number of aliphatic hydroxyl groups is 1. The van der Waals surface area contributed by atoms with Crippen molar-refractivity contribution in [3.63, 3.8) is 0 Å². The van der Waals surface area contributed by atoms with Crippen molar-refractivity contribution in [3.8, 4) is 5.75 Å². The zero-order chi connectivity index (χ0) is 10.6. The molecule has 0 fully saturated rings. The lowest BCUT2D eigenvalue weighted by Gasteiger charge is -2.10. The third-order valence-corrected chi connectivity index (χ3v) is 2.05. The van der Waals surface area contributed by atoms with Gasteiger partial charge in [-0.1, -0.05) is 11.6 Å². The first-order valence-electron chi connectivity index (χ1n) is 4.03. The molecule has 14 heavy (non-hydrogen) atoms. The van der Waals surface area contributed by atoms with E-state index in [4.69, 9.17) is 22.9 Å².